The minimum absolute atomic E-state index is 0.345. The Labute approximate surface area is 97.6 Å². The molecule has 5 heteroatoms. The van der Waals surface area contributed by atoms with E-state index < -0.39 is 0 Å². The Morgan fingerprint density at radius 1 is 1.67 bits per heavy atom. The summed E-state index contributed by atoms with van der Waals surface area (Å²) in [6.45, 7) is 3.89. The highest BCUT2D eigenvalue weighted by atomic mass is 79.9. The van der Waals surface area contributed by atoms with Crippen molar-refractivity contribution >= 4 is 21.7 Å². The smallest absolute Gasteiger partial charge is 0.143 e. The molecule has 0 amide bonds. The quantitative estimate of drug-likeness (QED) is 0.915. The molecular formula is C10H14BrN3O. The molecule has 1 N–H and O–H groups in total. The van der Waals surface area contributed by atoms with E-state index in [1.54, 1.807) is 12.5 Å². The Morgan fingerprint density at radius 3 is 3.20 bits per heavy atom. The number of halogens is 1. The molecule has 1 aliphatic heterocycles. The van der Waals surface area contributed by atoms with Crippen LogP contribution in [-0.2, 0) is 4.74 Å². The van der Waals surface area contributed by atoms with Gasteiger partial charge in [0.15, 0.2) is 0 Å². The summed E-state index contributed by atoms with van der Waals surface area (Å²) in [4.78, 5) is 8.07. The molecule has 1 aromatic heterocycles. The standard InChI is InChI=1S/C10H14BrN3O/c1-7-8(2-3-15-7)4-13-10-9(11)5-12-6-14-10/h5-8H,2-4H2,1H3,(H,12,13,14). The maximum atomic E-state index is 5.50. The Morgan fingerprint density at radius 2 is 2.53 bits per heavy atom. The van der Waals surface area contributed by atoms with Crippen molar-refractivity contribution in [1.29, 1.82) is 0 Å². The number of aromatic nitrogens is 2. The predicted molar refractivity (Wildman–Crippen MR) is 61.7 cm³/mol. The number of hydrogen-bond acceptors (Lipinski definition) is 4. The second-order valence-electron chi connectivity index (χ2n) is 3.72. The second-order valence-corrected chi connectivity index (χ2v) is 4.58. The van der Waals surface area contributed by atoms with E-state index in [4.69, 9.17) is 4.74 Å². The van der Waals surface area contributed by atoms with E-state index in [9.17, 15) is 0 Å². The van der Waals surface area contributed by atoms with Crippen LogP contribution < -0.4 is 5.32 Å². The number of nitrogens with one attached hydrogen (secondary N) is 1. The molecule has 0 aromatic carbocycles. The maximum absolute atomic E-state index is 5.50. The van der Waals surface area contributed by atoms with Crippen LogP contribution in [0.5, 0.6) is 0 Å². The van der Waals surface area contributed by atoms with E-state index in [0.29, 0.717) is 12.0 Å². The Bertz CT molecular complexity index is 334. The fraction of sp³-hybridized carbons (Fsp3) is 0.600. The van der Waals surface area contributed by atoms with Crippen LogP contribution in [0.1, 0.15) is 13.3 Å². The van der Waals surface area contributed by atoms with E-state index in [2.05, 4.69) is 38.1 Å². The van der Waals surface area contributed by atoms with Gasteiger partial charge in [-0.05, 0) is 29.3 Å². The Kier molecular flexibility index (Phi) is 3.53. The summed E-state index contributed by atoms with van der Waals surface area (Å²) in [6.07, 6.45) is 4.75. The molecule has 1 fully saturated rings. The van der Waals surface area contributed by atoms with E-state index >= 15 is 0 Å². The van der Waals surface area contributed by atoms with Crippen molar-refractivity contribution in [3.63, 3.8) is 0 Å². The SMILES string of the molecule is CC1OCCC1CNc1ncncc1Br. The van der Waals surface area contributed by atoms with Crippen molar-refractivity contribution in [2.75, 3.05) is 18.5 Å². The summed E-state index contributed by atoms with van der Waals surface area (Å²) in [6, 6.07) is 0. The molecule has 0 saturated carbocycles. The first-order valence-corrected chi connectivity index (χ1v) is 5.87. The first-order valence-electron chi connectivity index (χ1n) is 5.08. The van der Waals surface area contributed by atoms with Crippen LogP contribution >= 0.6 is 15.9 Å². The van der Waals surface area contributed by atoms with Gasteiger partial charge >= 0.3 is 0 Å². The lowest BCUT2D eigenvalue weighted by Crippen LogP contribution is -2.21. The lowest BCUT2D eigenvalue weighted by Gasteiger charge is -2.15. The Balaban J connectivity index is 1.90. The molecule has 1 aliphatic rings. The molecular weight excluding hydrogens is 258 g/mol. The zero-order valence-corrected chi connectivity index (χ0v) is 10.2. The molecule has 0 bridgehead atoms. The second kappa shape index (κ2) is 4.90. The molecule has 0 aliphatic carbocycles. The number of ether oxygens (including phenoxy) is 1. The first-order chi connectivity index (χ1) is 7.27. The average molecular weight is 272 g/mol. The number of hydrogen-bond donors (Lipinski definition) is 1. The zero-order valence-electron chi connectivity index (χ0n) is 8.61. The van der Waals surface area contributed by atoms with Crippen molar-refractivity contribution < 1.29 is 4.74 Å². The van der Waals surface area contributed by atoms with E-state index in [-0.39, 0.29) is 0 Å². The lowest BCUT2D eigenvalue weighted by atomic mass is 10.0. The predicted octanol–water partition coefficient (Wildman–Crippen LogP) is 2.08. The van der Waals surface area contributed by atoms with Crippen molar-refractivity contribution in [2.45, 2.75) is 19.4 Å². The third-order valence-corrected chi connectivity index (χ3v) is 3.31. The van der Waals surface area contributed by atoms with Gasteiger partial charge in [-0.15, -0.1) is 0 Å². The molecule has 2 heterocycles. The van der Waals surface area contributed by atoms with Crippen molar-refractivity contribution in [1.82, 2.24) is 9.97 Å². The third-order valence-electron chi connectivity index (χ3n) is 2.73. The minimum atomic E-state index is 0.345. The van der Waals surface area contributed by atoms with E-state index in [1.165, 1.54) is 0 Å². The minimum Gasteiger partial charge on any atom is -0.378 e. The highest BCUT2D eigenvalue weighted by molar-refractivity contribution is 9.10. The summed E-state index contributed by atoms with van der Waals surface area (Å²) in [7, 11) is 0. The Hall–Kier alpha value is -0.680. The van der Waals surface area contributed by atoms with Crippen molar-refractivity contribution in [3.05, 3.63) is 17.0 Å². The van der Waals surface area contributed by atoms with Crippen LogP contribution in [0.15, 0.2) is 17.0 Å². The van der Waals surface area contributed by atoms with Crippen LogP contribution in [0.4, 0.5) is 5.82 Å². The van der Waals surface area contributed by atoms with Gasteiger partial charge in [0.25, 0.3) is 0 Å². The van der Waals surface area contributed by atoms with Crippen molar-refractivity contribution in [3.8, 4) is 0 Å². The normalized spacial score (nSPS) is 25.5. The number of nitrogens with zero attached hydrogens (tertiary/aromatic N) is 2. The number of anilines is 1. The average Bonchev–Trinajstić information content (AvgIpc) is 2.63. The van der Waals surface area contributed by atoms with Gasteiger partial charge in [0.1, 0.15) is 12.1 Å². The topological polar surface area (TPSA) is 47.0 Å². The monoisotopic (exact) mass is 271 g/mol. The lowest BCUT2D eigenvalue weighted by molar-refractivity contribution is 0.108. The highest BCUT2D eigenvalue weighted by Gasteiger charge is 2.23. The fourth-order valence-electron chi connectivity index (χ4n) is 1.71. The molecule has 2 unspecified atom stereocenters. The van der Waals surface area contributed by atoms with Gasteiger partial charge in [-0.2, -0.15) is 0 Å². The molecule has 2 rings (SSSR count). The van der Waals surface area contributed by atoms with Crippen molar-refractivity contribution in [2.24, 2.45) is 5.92 Å². The summed E-state index contributed by atoms with van der Waals surface area (Å²) < 4.78 is 6.40. The van der Waals surface area contributed by atoms with Gasteiger partial charge in [-0.1, -0.05) is 0 Å². The van der Waals surface area contributed by atoms with E-state index in [0.717, 1.165) is 29.9 Å². The molecule has 0 radical (unpaired) electrons. The zero-order chi connectivity index (χ0) is 10.7. The summed E-state index contributed by atoms with van der Waals surface area (Å²) in [5.74, 6) is 1.43. The van der Waals surface area contributed by atoms with E-state index in [1.807, 2.05) is 0 Å². The van der Waals surface area contributed by atoms with Gasteiger partial charge in [0, 0.05) is 25.3 Å². The molecule has 15 heavy (non-hydrogen) atoms. The van der Waals surface area contributed by atoms with Gasteiger partial charge < -0.3 is 10.1 Å². The molecule has 1 aromatic rings. The van der Waals surface area contributed by atoms with Crippen LogP contribution in [0.3, 0.4) is 0 Å². The van der Waals surface area contributed by atoms with Gasteiger partial charge in [0.05, 0.1) is 10.6 Å². The number of rotatable bonds is 3. The van der Waals surface area contributed by atoms with Crippen LogP contribution in [0.25, 0.3) is 0 Å². The third kappa shape index (κ3) is 2.66. The molecule has 82 valence electrons. The highest BCUT2D eigenvalue weighted by Crippen LogP contribution is 2.22. The maximum Gasteiger partial charge on any atom is 0.143 e. The largest absolute Gasteiger partial charge is 0.378 e. The fourth-order valence-corrected chi connectivity index (χ4v) is 2.08. The molecule has 0 spiro atoms. The summed E-state index contributed by atoms with van der Waals surface area (Å²) in [5.41, 5.74) is 0. The van der Waals surface area contributed by atoms with Crippen LogP contribution in [0.2, 0.25) is 0 Å². The summed E-state index contributed by atoms with van der Waals surface area (Å²) >= 11 is 3.40. The van der Waals surface area contributed by atoms with Crippen LogP contribution in [0, 0.1) is 5.92 Å². The first kappa shape index (κ1) is 10.8. The van der Waals surface area contributed by atoms with Crippen LogP contribution in [-0.4, -0.2) is 29.2 Å². The molecule has 2 atom stereocenters. The molecule has 4 nitrogen and oxygen atoms in total. The summed E-state index contributed by atoms with van der Waals surface area (Å²) in [5, 5.41) is 3.31. The molecule has 1 saturated heterocycles. The van der Waals surface area contributed by atoms with Gasteiger partial charge in [-0.25, -0.2) is 9.97 Å². The van der Waals surface area contributed by atoms with Gasteiger partial charge in [0.2, 0.25) is 0 Å². The van der Waals surface area contributed by atoms with Gasteiger partial charge in [-0.3, -0.25) is 0 Å².